The highest BCUT2D eigenvalue weighted by Crippen LogP contribution is 2.10. The highest BCUT2D eigenvalue weighted by atomic mass is 16.6. The van der Waals surface area contributed by atoms with E-state index in [0.717, 1.165) is 13.0 Å². The lowest BCUT2D eigenvalue weighted by atomic mass is 10.1. The molecular weight excluding hydrogens is 314 g/mol. The van der Waals surface area contributed by atoms with Crippen molar-refractivity contribution in [2.75, 3.05) is 39.3 Å². The molecule has 24 heavy (non-hydrogen) atoms. The van der Waals surface area contributed by atoms with Crippen LogP contribution in [0.1, 0.15) is 20.3 Å². The molecule has 0 aromatic carbocycles. The van der Waals surface area contributed by atoms with Gasteiger partial charge < -0.3 is 26.0 Å². The molecule has 0 radical (unpaired) electrons. The molecular formula is C15H27N5O4. The van der Waals surface area contributed by atoms with Crippen LogP contribution in [-0.4, -0.2) is 80.3 Å². The van der Waals surface area contributed by atoms with Gasteiger partial charge >= 0.3 is 6.09 Å². The van der Waals surface area contributed by atoms with Gasteiger partial charge in [0, 0.05) is 46.6 Å². The molecule has 0 saturated carbocycles. The van der Waals surface area contributed by atoms with Crippen molar-refractivity contribution in [2.24, 2.45) is 0 Å². The van der Waals surface area contributed by atoms with Gasteiger partial charge in [0.05, 0.1) is 12.1 Å². The summed E-state index contributed by atoms with van der Waals surface area (Å²) in [6, 6.07) is -0.245. The summed E-state index contributed by atoms with van der Waals surface area (Å²) in [7, 11) is 0. The maximum atomic E-state index is 11.7. The predicted molar refractivity (Wildman–Crippen MR) is 87.4 cm³/mol. The van der Waals surface area contributed by atoms with Crippen molar-refractivity contribution < 1.29 is 19.1 Å². The van der Waals surface area contributed by atoms with Crippen molar-refractivity contribution in [1.29, 1.82) is 0 Å². The van der Waals surface area contributed by atoms with Crippen LogP contribution in [0.3, 0.4) is 0 Å². The first-order chi connectivity index (χ1) is 11.4. The van der Waals surface area contributed by atoms with E-state index < -0.39 is 6.09 Å². The van der Waals surface area contributed by atoms with E-state index >= 15 is 0 Å². The molecule has 0 aliphatic carbocycles. The third-order valence-corrected chi connectivity index (χ3v) is 4.16. The van der Waals surface area contributed by atoms with Gasteiger partial charge in [0.1, 0.15) is 6.10 Å². The summed E-state index contributed by atoms with van der Waals surface area (Å²) in [5.74, 6) is -0.242. The Hall–Kier alpha value is -1.87. The zero-order chi connectivity index (χ0) is 17.5. The number of carbonyl (C=O) groups excluding carboxylic acids is 3. The lowest BCUT2D eigenvalue weighted by molar-refractivity contribution is -0.122. The monoisotopic (exact) mass is 341 g/mol. The Balaban J connectivity index is 1.70. The fourth-order valence-corrected chi connectivity index (χ4v) is 3.12. The number of nitrogens with zero attached hydrogens (tertiary/aromatic N) is 1. The van der Waals surface area contributed by atoms with E-state index in [4.69, 9.17) is 4.74 Å². The van der Waals surface area contributed by atoms with Gasteiger partial charge in [0.25, 0.3) is 0 Å². The molecule has 0 aromatic heterocycles. The molecule has 0 spiro atoms. The van der Waals surface area contributed by atoms with Gasteiger partial charge in [-0.2, -0.15) is 0 Å². The quantitative estimate of drug-likeness (QED) is 0.463. The molecule has 136 valence electrons. The summed E-state index contributed by atoms with van der Waals surface area (Å²) in [5.41, 5.74) is 0. The molecule has 4 N–H and O–H groups in total. The van der Waals surface area contributed by atoms with Crippen molar-refractivity contribution in [3.63, 3.8) is 0 Å². The molecule has 2 heterocycles. The topological polar surface area (TPSA) is 112 Å². The Morgan fingerprint density at radius 1 is 1.12 bits per heavy atom. The second kappa shape index (κ2) is 8.84. The first kappa shape index (κ1) is 18.5. The van der Waals surface area contributed by atoms with Crippen LogP contribution in [0.25, 0.3) is 0 Å². The highest BCUT2D eigenvalue weighted by Gasteiger charge is 2.33. The number of alkyl carbamates (subject to hydrolysis) is 1. The van der Waals surface area contributed by atoms with Gasteiger partial charge in [-0.25, -0.2) is 4.79 Å². The normalized spacial score (nSPS) is 26.8. The molecule has 0 aromatic rings. The molecule has 1 unspecified atom stereocenters. The summed E-state index contributed by atoms with van der Waals surface area (Å²) in [5, 5.41) is 11.6. The summed E-state index contributed by atoms with van der Waals surface area (Å²) >= 11 is 0. The van der Waals surface area contributed by atoms with Crippen LogP contribution in [0.15, 0.2) is 0 Å². The van der Waals surface area contributed by atoms with Gasteiger partial charge in [0.15, 0.2) is 0 Å². The van der Waals surface area contributed by atoms with Crippen molar-refractivity contribution in [3.8, 4) is 0 Å². The van der Waals surface area contributed by atoms with Crippen molar-refractivity contribution in [1.82, 2.24) is 26.2 Å². The van der Waals surface area contributed by atoms with E-state index in [2.05, 4.69) is 26.2 Å². The zero-order valence-electron chi connectivity index (χ0n) is 14.3. The van der Waals surface area contributed by atoms with Crippen molar-refractivity contribution in [2.45, 2.75) is 38.5 Å². The van der Waals surface area contributed by atoms with E-state index in [9.17, 15) is 14.4 Å². The summed E-state index contributed by atoms with van der Waals surface area (Å²) < 4.78 is 5.28. The van der Waals surface area contributed by atoms with E-state index in [1.54, 1.807) is 0 Å². The maximum Gasteiger partial charge on any atom is 0.407 e. The molecule has 3 amide bonds. The number of nitrogens with one attached hydrogen (secondary N) is 4. The average molecular weight is 341 g/mol. The Kier molecular flexibility index (Phi) is 6.80. The minimum Gasteiger partial charge on any atom is -0.445 e. The van der Waals surface area contributed by atoms with Gasteiger partial charge in [0.2, 0.25) is 11.8 Å². The van der Waals surface area contributed by atoms with Gasteiger partial charge in [-0.15, -0.1) is 0 Å². The smallest absolute Gasteiger partial charge is 0.407 e. The number of carbonyl (C=O) groups is 3. The molecule has 2 aliphatic heterocycles. The number of ether oxygens (including phenoxy) is 1. The number of likely N-dealkylation sites (tertiary alicyclic amines) is 1. The molecule has 0 bridgehead atoms. The van der Waals surface area contributed by atoms with E-state index in [-0.39, 0.29) is 30.0 Å². The van der Waals surface area contributed by atoms with Gasteiger partial charge in [-0.1, -0.05) is 0 Å². The lowest BCUT2D eigenvalue weighted by Gasteiger charge is -2.19. The van der Waals surface area contributed by atoms with E-state index in [0.29, 0.717) is 32.7 Å². The third kappa shape index (κ3) is 5.97. The van der Waals surface area contributed by atoms with Crippen LogP contribution >= 0.6 is 0 Å². The lowest BCUT2D eigenvalue weighted by Crippen LogP contribution is -2.49. The summed E-state index contributed by atoms with van der Waals surface area (Å²) in [6.45, 7) is 6.85. The van der Waals surface area contributed by atoms with Gasteiger partial charge in [-0.05, 0) is 13.0 Å². The molecule has 2 fully saturated rings. The van der Waals surface area contributed by atoms with Crippen LogP contribution in [-0.2, 0) is 14.3 Å². The van der Waals surface area contributed by atoms with Crippen LogP contribution < -0.4 is 21.3 Å². The van der Waals surface area contributed by atoms with Crippen molar-refractivity contribution >= 4 is 17.9 Å². The summed E-state index contributed by atoms with van der Waals surface area (Å²) in [6.07, 6.45) is 0.390. The highest BCUT2D eigenvalue weighted by molar-refractivity contribution is 5.75. The predicted octanol–water partition coefficient (Wildman–Crippen LogP) is -1.60. The van der Waals surface area contributed by atoms with E-state index in [1.165, 1.54) is 13.8 Å². The summed E-state index contributed by atoms with van der Waals surface area (Å²) in [4.78, 5) is 36.4. The average Bonchev–Trinajstić information content (AvgIpc) is 3.09. The molecule has 3 atom stereocenters. The standard InChI is InChI=1S/C15H27N5O4/c1-10(21)18-13-8-20(9-14(13)19-11(2)22)6-5-17-15(23)24-12-3-4-16-7-12/h12-14,16H,3-9H2,1-2H3,(H,17,23)(H,18,21)(H,19,22)/t12?,13-,14-/m1/s1. The van der Waals surface area contributed by atoms with Gasteiger partial charge in [-0.3, -0.25) is 14.5 Å². The number of rotatable bonds is 6. The first-order valence-electron chi connectivity index (χ1n) is 8.36. The molecule has 2 saturated heterocycles. The number of hydrogen-bond donors (Lipinski definition) is 4. The second-order valence-electron chi connectivity index (χ2n) is 6.32. The Bertz CT molecular complexity index is 443. The van der Waals surface area contributed by atoms with Crippen LogP contribution in [0.4, 0.5) is 4.79 Å². The molecule has 2 rings (SSSR count). The Morgan fingerprint density at radius 2 is 1.75 bits per heavy atom. The number of hydrogen-bond acceptors (Lipinski definition) is 6. The fourth-order valence-electron chi connectivity index (χ4n) is 3.12. The fraction of sp³-hybridized carbons (Fsp3) is 0.800. The zero-order valence-corrected chi connectivity index (χ0v) is 14.3. The minimum atomic E-state index is -0.403. The second-order valence-corrected chi connectivity index (χ2v) is 6.32. The molecule has 9 nitrogen and oxygen atoms in total. The van der Waals surface area contributed by atoms with Crippen LogP contribution in [0.2, 0.25) is 0 Å². The minimum absolute atomic E-state index is 0.0509. The molecule has 2 aliphatic rings. The molecule has 9 heteroatoms. The maximum absolute atomic E-state index is 11.7. The SMILES string of the molecule is CC(=O)N[C@@H]1CN(CCNC(=O)OC2CCNC2)C[C@H]1NC(C)=O. The van der Waals surface area contributed by atoms with Crippen LogP contribution in [0, 0.1) is 0 Å². The Labute approximate surface area is 141 Å². The Morgan fingerprint density at radius 3 is 2.25 bits per heavy atom. The third-order valence-electron chi connectivity index (χ3n) is 4.16. The van der Waals surface area contributed by atoms with Crippen molar-refractivity contribution in [3.05, 3.63) is 0 Å². The number of amides is 3. The van der Waals surface area contributed by atoms with Crippen LogP contribution in [0.5, 0.6) is 0 Å². The van der Waals surface area contributed by atoms with E-state index in [1.807, 2.05) is 0 Å². The first-order valence-corrected chi connectivity index (χ1v) is 8.36. The largest absolute Gasteiger partial charge is 0.445 e.